The second-order valence-corrected chi connectivity index (χ2v) is 5.03. The molecule has 0 saturated carbocycles. The summed E-state index contributed by atoms with van der Waals surface area (Å²) in [5.74, 6) is 0.810. The predicted molar refractivity (Wildman–Crippen MR) is 86.4 cm³/mol. The van der Waals surface area contributed by atoms with E-state index in [2.05, 4.69) is 5.10 Å². The fourth-order valence-corrected chi connectivity index (χ4v) is 2.36. The predicted octanol–water partition coefficient (Wildman–Crippen LogP) is 3.52. The van der Waals surface area contributed by atoms with Crippen LogP contribution in [0.2, 0.25) is 0 Å². The second kappa shape index (κ2) is 6.31. The van der Waals surface area contributed by atoms with Crippen LogP contribution in [0.25, 0.3) is 11.3 Å². The van der Waals surface area contributed by atoms with E-state index in [0.29, 0.717) is 6.54 Å². The summed E-state index contributed by atoms with van der Waals surface area (Å²) < 4.78 is 7.01. The van der Waals surface area contributed by atoms with Gasteiger partial charge >= 0.3 is 0 Å². The molecule has 3 aromatic rings. The van der Waals surface area contributed by atoms with Crippen LogP contribution in [0.15, 0.2) is 60.8 Å². The molecule has 6 nitrogen and oxygen atoms in total. The number of benzene rings is 2. The van der Waals surface area contributed by atoms with E-state index in [9.17, 15) is 10.1 Å². The Labute approximate surface area is 133 Å². The number of nitrogens with zero attached hydrogens (tertiary/aromatic N) is 3. The monoisotopic (exact) mass is 309 g/mol. The average Bonchev–Trinajstić information content (AvgIpc) is 3.04. The minimum atomic E-state index is -0.404. The first-order valence-electron chi connectivity index (χ1n) is 7.07. The van der Waals surface area contributed by atoms with Crippen molar-refractivity contribution in [2.45, 2.75) is 6.54 Å². The number of ether oxygens (including phenoxy) is 1. The van der Waals surface area contributed by atoms with Gasteiger partial charge in [-0.3, -0.25) is 14.8 Å². The summed E-state index contributed by atoms with van der Waals surface area (Å²) >= 11 is 0. The molecule has 0 fully saturated rings. The van der Waals surface area contributed by atoms with Gasteiger partial charge in [0.25, 0.3) is 5.69 Å². The van der Waals surface area contributed by atoms with Crippen LogP contribution >= 0.6 is 0 Å². The maximum Gasteiger partial charge on any atom is 0.269 e. The van der Waals surface area contributed by atoms with Crippen LogP contribution in [-0.4, -0.2) is 21.8 Å². The molecule has 0 unspecified atom stereocenters. The van der Waals surface area contributed by atoms with Crippen LogP contribution in [0.3, 0.4) is 0 Å². The summed E-state index contributed by atoms with van der Waals surface area (Å²) in [6.07, 6.45) is 1.72. The van der Waals surface area contributed by atoms with Crippen molar-refractivity contribution < 1.29 is 9.66 Å². The number of methoxy groups -OCH3 is 1. The summed E-state index contributed by atoms with van der Waals surface area (Å²) in [5, 5.41) is 15.1. The lowest BCUT2D eigenvalue weighted by Crippen LogP contribution is -2.03. The van der Waals surface area contributed by atoms with Gasteiger partial charge in [-0.25, -0.2) is 0 Å². The lowest BCUT2D eigenvalue weighted by Gasteiger charge is -2.08. The normalized spacial score (nSPS) is 10.5. The fourth-order valence-electron chi connectivity index (χ4n) is 2.36. The van der Waals surface area contributed by atoms with Gasteiger partial charge < -0.3 is 4.74 Å². The molecule has 2 aromatic carbocycles. The minimum absolute atomic E-state index is 0.0787. The Hall–Kier alpha value is -3.15. The topological polar surface area (TPSA) is 70.2 Å². The molecule has 0 atom stereocenters. The molecule has 6 heteroatoms. The first-order chi connectivity index (χ1) is 11.2. The number of hydrogen-bond acceptors (Lipinski definition) is 4. The minimum Gasteiger partial charge on any atom is -0.497 e. The molecule has 0 aliphatic rings. The van der Waals surface area contributed by atoms with Gasteiger partial charge in [-0.2, -0.15) is 5.10 Å². The van der Waals surface area contributed by atoms with E-state index in [1.54, 1.807) is 25.4 Å². The Balaban J connectivity index is 1.85. The number of nitro benzene ring substituents is 1. The van der Waals surface area contributed by atoms with Crippen molar-refractivity contribution in [1.82, 2.24) is 9.78 Å². The fraction of sp³-hybridized carbons (Fsp3) is 0.118. The van der Waals surface area contributed by atoms with E-state index in [4.69, 9.17) is 4.74 Å². The lowest BCUT2D eigenvalue weighted by atomic mass is 10.1. The van der Waals surface area contributed by atoms with Gasteiger partial charge in [0.2, 0.25) is 0 Å². The van der Waals surface area contributed by atoms with E-state index < -0.39 is 4.92 Å². The molecule has 0 radical (unpaired) electrons. The molecule has 1 heterocycles. The Morgan fingerprint density at radius 2 is 1.78 bits per heavy atom. The molecular formula is C17H15N3O3. The van der Waals surface area contributed by atoms with Gasteiger partial charge in [-0.15, -0.1) is 0 Å². The number of non-ortho nitro benzene ring substituents is 1. The van der Waals surface area contributed by atoms with Gasteiger partial charge in [0, 0.05) is 23.9 Å². The molecule has 0 bridgehead atoms. The molecule has 0 spiro atoms. The van der Waals surface area contributed by atoms with Crippen molar-refractivity contribution >= 4 is 5.69 Å². The molecule has 3 rings (SSSR count). The molecule has 0 aliphatic carbocycles. The Kier molecular flexibility index (Phi) is 4.05. The van der Waals surface area contributed by atoms with E-state index in [1.807, 2.05) is 35.0 Å². The Morgan fingerprint density at radius 1 is 1.09 bits per heavy atom. The third-order valence-electron chi connectivity index (χ3n) is 3.58. The SMILES string of the molecule is COc1ccc(Cn2nccc2-c2ccc([N+](=O)[O-])cc2)cc1. The maximum absolute atomic E-state index is 10.7. The molecule has 23 heavy (non-hydrogen) atoms. The smallest absolute Gasteiger partial charge is 0.269 e. The molecule has 0 amide bonds. The summed E-state index contributed by atoms with van der Waals surface area (Å²) in [7, 11) is 1.63. The Morgan fingerprint density at radius 3 is 2.39 bits per heavy atom. The molecule has 1 aromatic heterocycles. The quantitative estimate of drug-likeness (QED) is 0.534. The zero-order valence-electron chi connectivity index (χ0n) is 12.5. The van der Waals surface area contributed by atoms with Gasteiger partial charge in [0.05, 0.1) is 24.3 Å². The molecule has 116 valence electrons. The van der Waals surface area contributed by atoms with Gasteiger partial charge in [0.15, 0.2) is 0 Å². The molecular weight excluding hydrogens is 294 g/mol. The van der Waals surface area contributed by atoms with E-state index in [1.165, 1.54) is 12.1 Å². The first-order valence-corrected chi connectivity index (χ1v) is 7.07. The highest BCUT2D eigenvalue weighted by Gasteiger charge is 2.09. The van der Waals surface area contributed by atoms with Crippen LogP contribution in [0.4, 0.5) is 5.69 Å². The molecule has 0 N–H and O–H groups in total. The number of aromatic nitrogens is 2. The van der Waals surface area contributed by atoms with Crippen molar-refractivity contribution in [2.24, 2.45) is 0 Å². The van der Waals surface area contributed by atoms with Crippen LogP contribution < -0.4 is 4.74 Å². The summed E-state index contributed by atoms with van der Waals surface area (Å²) in [6.45, 7) is 0.614. The van der Waals surface area contributed by atoms with E-state index >= 15 is 0 Å². The van der Waals surface area contributed by atoms with Gasteiger partial charge in [-0.05, 0) is 35.9 Å². The van der Waals surface area contributed by atoms with Crippen molar-refractivity contribution in [1.29, 1.82) is 0 Å². The second-order valence-electron chi connectivity index (χ2n) is 5.03. The number of rotatable bonds is 5. The average molecular weight is 309 g/mol. The van der Waals surface area contributed by atoms with E-state index in [0.717, 1.165) is 22.6 Å². The molecule has 0 aliphatic heterocycles. The number of nitro groups is 1. The standard InChI is InChI=1S/C17H15N3O3/c1-23-16-8-2-13(3-9-16)12-19-17(10-11-18-19)14-4-6-15(7-5-14)20(21)22/h2-11H,12H2,1H3. The highest BCUT2D eigenvalue weighted by Crippen LogP contribution is 2.23. The number of hydrogen-bond donors (Lipinski definition) is 0. The first kappa shape index (κ1) is 14.8. The zero-order valence-corrected chi connectivity index (χ0v) is 12.5. The van der Waals surface area contributed by atoms with Crippen molar-refractivity contribution in [3.63, 3.8) is 0 Å². The molecule has 0 saturated heterocycles. The summed E-state index contributed by atoms with van der Waals surface area (Å²) in [5.41, 5.74) is 2.98. The highest BCUT2D eigenvalue weighted by atomic mass is 16.6. The van der Waals surface area contributed by atoms with Crippen molar-refractivity contribution in [3.05, 3.63) is 76.5 Å². The highest BCUT2D eigenvalue weighted by molar-refractivity contribution is 5.61. The van der Waals surface area contributed by atoms with Gasteiger partial charge in [0.1, 0.15) is 5.75 Å². The zero-order chi connectivity index (χ0) is 16.2. The summed E-state index contributed by atoms with van der Waals surface area (Å²) in [4.78, 5) is 10.3. The van der Waals surface area contributed by atoms with E-state index in [-0.39, 0.29) is 5.69 Å². The lowest BCUT2D eigenvalue weighted by molar-refractivity contribution is -0.384. The van der Waals surface area contributed by atoms with Crippen LogP contribution in [-0.2, 0) is 6.54 Å². The van der Waals surface area contributed by atoms with Crippen LogP contribution in [0.5, 0.6) is 5.75 Å². The maximum atomic E-state index is 10.7. The Bertz CT molecular complexity index is 808. The van der Waals surface area contributed by atoms with Crippen molar-refractivity contribution in [2.75, 3.05) is 7.11 Å². The third-order valence-corrected chi connectivity index (χ3v) is 3.58. The van der Waals surface area contributed by atoms with Gasteiger partial charge in [-0.1, -0.05) is 12.1 Å². The third kappa shape index (κ3) is 3.21. The van der Waals surface area contributed by atoms with Crippen LogP contribution in [0, 0.1) is 10.1 Å². The van der Waals surface area contributed by atoms with Crippen LogP contribution in [0.1, 0.15) is 5.56 Å². The largest absolute Gasteiger partial charge is 0.497 e. The van der Waals surface area contributed by atoms with Crippen molar-refractivity contribution in [3.8, 4) is 17.0 Å². The summed E-state index contributed by atoms with van der Waals surface area (Å²) in [6, 6.07) is 16.2.